The van der Waals surface area contributed by atoms with Crippen molar-refractivity contribution in [3.63, 3.8) is 0 Å². The van der Waals surface area contributed by atoms with Gasteiger partial charge in [0.05, 0.1) is 0 Å². The molecule has 5 atom stereocenters. The van der Waals surface area contributed by atoms with Crippen LogP contribution in [-0.4, -0.2) is 24.0 Å². The van der Waals surface area contributed by atoms with Crippen molar-refractivity contribution >= 4 is 0 Å². The molecule has 0 spiro atoms. The summed E-state index contributed by atoms with van der Waals surface area (Å²) in [6, 6.07) is 0.999. The molecule has 2 aliphatic heterocycles. The van der Waals surface area contributed by atoms with E-state index in [0.29, 0.717) is 0 Å². The van der Waals surface area contributed by atoms with E-state index in [-0.39, 0.29) is 0 Å². The van der Waals surface area contributed by atoms with Crippen molar-refractivity contribution in [2.75, 3.05) is 13.1 Å². The first-order valence-corrected chi connectivity index (χ1v) is 5.58. The molecule has 1 aliphatic carbocycles. The number of hydrogen-bond acceptors (Lipinski definition) is 1. The summed E-state index contributed by atoms with van der Waals surface area (Å²) >= 11 is 0. The molecule has 5 unspecified atom stereocenters. The highest BCUT2D eigenvalue weighted by Gasteiger charge is 2.44. The average molecular weight is 165 g/mol. The Hall–Kier alpha value is -0.0400. The van der Waals surface area contributed by atoms with Crippen LogP contribution in [0.4, 0.5) is 0 Å². The summed E-state index contributed by atoms with van der Waals surface area (Å²) in [6.45, 7) is 5.32. The Morgan fingerprint density at radius 3 is 3.00 bits per heavy atom. The van der Waals surface area contributed by atoms with Crippen LogP contribution in [0.15, 0.2) is 0 Å². The van der Waals surface area contributed by atoms with E-state index in [1.807, 2.05) is 0 Å². The van der Waals surface area contributed by atoms with Crippen molar-refractivity contribution < 1.29 is 0 Å². The van der Waals surface area contributed by atoms with Gasteiger partial charge in [-0.2, -0.15) is 0 Å². The van der Waals surface area contributed by atoms with Crippen molar-refractivity contribution in [1.82, 2.24) is 4.90 Å². The van der Waals surface area contributed by atoms with Crippen LogP contribution in [0, 0.1) is 17.8 Å². The number of fused-ring (bicyclic) bond motifs is 4. The fraction of sp³-hybridized carbons (Fsp3) is 1.00. The lowest BCUT2D eigenvalue weighted by Crippen LogP contribution is -2.41. The average Bonchev–Trinajstić information content (AvgIpc) is 2.61. The minimum atomic E-state index is 0.999. The lowest BCUT2D eigenvalue weighted by Gasteiger charge is -2.36. The third-order valence-corrected chi connectivity index (χ3v) is 4.53. The van der Waals surface area contributed by atoms with Crippen molar-refractivity contribution in [1.29, 1.82) is 0 Å². The van der Waals surface area contributed by atoms with Gasteiger partial charge in [0.15, 0.2) is 0 Å². The van der Waals surface area contributed by atoms with Gasteiger partial charge in [-0.3, -0.25) is 4.90 Å². The molecule has 0 radical (unpaired) electrons. The normalized spacial score (nSPS) is 57.2. The molecule has 2 saturated heterocycles. The van der Waals surface area contributed by atoms with Gasteiger partial charge in [0, 0.05) is 12.6 Å². The molecule has 1 saturated carbocycles. The first-order chi connectivity index (χ1) is 5.84. The number of hydrogen-bond donors (Lipinski definition) is 0. The molecule has 0 aromatic rings. The van der Waals surface area contributed by atoms with Crippen LogP contribution in [0.25, 0.3) is 0 Å². The van der Waals surface area contributed by atoms with Crippen LogP contribution in [0.3, 0.4) is 0 Å². The molecular formula is C11H19N. The van der Waals surface area contributed by atoms with Crippen LogP contribution in [0.5, 0.6) is 0 Å². The van der Waals surface area contributed by atoms with Gasteiger partial charge in [-0.15, -0.1) is 0 Å². The van der Waals surface area contributed by atoms with E-state index >= 15 is 0 Å². The fourth-order valence-corrected chi connectivity index (χ4v) is 3.82. The zero-order valence-electron chi connectivity index (χ0n) is 8.00. The molecule has 3 aliphatic rings. The highest BCUT2D eigenvalue weighted by Crippen LogP contribution is 2.45. The molecule has 0 N–H and O–H groups in total. The summed E-state index contributed by atoms with van der Waals surface area (Å²) in [7, 11) is 0. The summed E-state index contributed by atoms with van der Waals surface area (Å²) in [6.07, 6.45) is 6.05. The van der Waals surface area contributed by atoms with Gasteiger partial charge in [-0.1, -0.05) is 6.92 Å². The van der Waals surface area contributed by atoms with Crippen molar-refractivity contribution in [3.05, 3.63) is 0 Å². The second kappa shape index (κ2) is 2.47. The second-order valence-electron chi connectivity index (χ2n) is 5.17. The fourth-order valence-electron chi connectivity index (χ4n) is 3.82. The molecule has 3 fully saturated rings. The molecule has 2 heterocycles. The largest absolute Gasteiger partial charge is 0.300 e. The maximum atomic E-state index is 2.78. The lowest BCUT2D eigenvalue weighted by molar-refractivity contribution is 0.122. The minimum Gasteiger partial charge on any atom is -0.300 e. The van der Waals surface area contributed by atoms with Gasteiger partial charge in [0.1, 0.15) is 0 Å². The van der Waals surface area contributed by atoms with Crippen LogP contribution in [-0.2, 0) is 0 Å². The molecule has 12 heavy (non-hydrogen) atoms. The Labute approximate surface area is 75.1 Å². The van der Waals surface area contributed by atoms with Crippen molar-refractivity contribution in [3.8, 4) is 0 Å². The summed E-state index contributed by atoms with van der Waals surface area (Å²) in [4.78, 5) is 2.78. The highest BCUT2D eigenvalue weighted by molar-refractivity contribution is 4.98. The summed E-state index contributed by atoms with van der Waals surface area (Å²) in [5.41, 5.74) is 0. The van der Waals surface area contributed by atoms with Crippen molar-refractivity contribution in [2.24, 2.45) is 17.8 Å². The van der Waals surface area contributed by atoms with Crippen LogP contribution in [0.1, 0.15) is 32.6 Å². The molecular weight excluding hydrogens is 146 g/mol. The topological polar surface area (TPSA) is 3.24 Å². The first-order valence-electron chi connectivity index (χ1n) is 5.58. The smallest absolute Gasteiger partial charge is 0.0126 e. The summed E-state index contributed by atoms with van der Waals surface area (Å²) in [5, 5.41) is 0. The second-order valence-corrected chi connectivity index (χ2v) is 5.17. The Balaban J connectivity index is 1.85. The number of rotatable bonds is 0. The summed E-state index contributed by atoms with van der Waals surface area (Å²) in [5.74, 6) is 3.18. The maximum Gasteiger partial charge on any atom is 0.0126 e. The van der Waals surface area contributed by atoms with Crippen molar-refractivity contribution in [2.45, 2.75) is 38.6 Å². The van der Waals surface area contributed by atoms with E-state index in [1.54, 1.807) is 6.42 Å². The predicted molar refractivity (Wildman–Crippen MR) is 50.0 cm³/mol. The van der Waals surface area contributed by atoms with Gasteiger partial charge >= 0.3 is 0 Å². The molecule has 0 amide bonds. The molecule has 1 heteroatoms. The van der Waals surface area contributed by atoms with E-state index in [0.717, 1.165) is 23.8 Å². The zero-order valence-corrected chi connectivity index (χ0v) is 8.00. The van der Waals surface area contributed by atoms with Gasteiger partial charge in [-0.05, 0) is 50.0 Å². The molecule has 0 aromatic heterocycles. The Bertz CT molecular complexity index is 189. The van der Waals surface area contributed by atoms with Crippen LogP contribution in [0.2, 0.25) is 0 Å². The van der Waals surface area contributed by atoms with Gasteiger partial charge < -0.3 is 0 Å². The summed E-state index contributed by atoms with van der Waals surface area (Å²) < 4.78 is 0. The minimum absolute atomic E-state index is 0.999. The first kappa shape index (κ1) is 7.37. The number of nitrogens with zero attached hydrogens (tertiary/aromatic N) is 1. The van der Waals surface area contributed by atoms with Gasteiger partial charge in [0.2, 0.25) is 0 Å². The monoisotopic (exact) mass is 165 g/mol. The van der Waals surface area contributed by atoms with E-state index in [4.69, 9.17) is 0 Å². The van der Waals surface area contributed by atoms with E-state index in [9.17, 15) is 0 Å². The Kier molecular flexibility index (Phi) is 1.52. The molecule has 2 bridgehead atoms. The van der Waals surface area contributed by atoms with E-state index in [2.05, 4.69) is 11.8 Å². The zero-order chi connectivity index (χ0) is 8.13. The predicted octanol–water partition coefficient (Wildman–Crippen LogP) is 2.13. The van der Waals surface area contributed by atoms with Crippen LogP contribution < -0.4 is 0 Å². The molecule has 0 aromatic carbocycles. The van der Waals surface area contributed by atoms with E-state index < -0.39 is 0 Å². The molecule has 3 rings (SSSR count). The Morgan fingerprint density at radius 1 is 1.17 bits per heavy atom. The van der Waals surface area contributed by atoms with Gasteiger partial charge in [0.25, 0.3) is 0 Å². The van der Waals surface area contributed by atoms with E-state index in [1.165, 1.54) is 32.4 Å². The Morgan fingerprint density at radius 2 is 2.08 bits per heavy atom. The quantitative estimate of drug-likeness (QED) is 0.531. The standard InChI is InChI=1S/C11H19N/c1-8-2-3-11-10(8)6-9-4-5-12(11)7-9/h8-11H,2-7H2,1H3. The van der Waals surface area contributed by atoms with Gasteiger partial charge in [-0.25, -0.2) is 0 Å². The highest BCUT2D eigenvalue weighted by atomic mass is 15.2. The third kappa shape index (κ3) is 0.891. The molecule has 68 valence electrons. The lowest BCUT2D eigenvalue weighted by atomic mass is 9.83. The SMILES string of the molecule is CC1CCC2C1CC1CCN2C1. The number of piperidine rings is 1. The van der Waals surface area contributed by atoms with Crippen LogP contribution >= 0.6 is 0 Å². The molecule has 1 nitrogen and oxygen atoms in total. The maximum absolute atomic E-state index is 2.78. The third-order valence-electron chi connectivity index (χ3n) is 4.53.